The Balaban J connectivity index is 1.58. The summed E-state index contributed by atoms with van der Waals surface area (Å²) in [6.07, 6.45) is 0. The van der Waals surface area contributed by atoms with Gasteiger partial charge in [-0.05, 0) is 72.8 Å². The predicted molar refractivity (Wildman–Crippen MR) is 111 cm³/mol. The third kappa shape index (κ3) is 5.59. The molecule has 0 saturated heterocycles. The van der Waals surface area contributed by atoms with Gasteiger partial charge in [0.15, 0.2) is 6.61 Å². The van der Waals surface area contributed by atoms with Gasteiger partial charge in [-0.1, -0.05) is 0 Å². The van der Waals surface area contributed by atoms with Gasteiger partial charge < -0.3 is 26.3 Å². The maximum absolute atomic E-state index is 12.4. The van der Waals surface area contributed by atoms with Crippen LogP contribution in [0.3, 0.4) is 0 Å². The number of hydrogen-bond donors (Lipinski definition) is 3. The summed E-state index contributed by atoms with van der Waals surface area (Å²) in [5, 5.41) is 2.77. The number of carbonyl (C=O) groups excluding carboxylic acids is 3. The van der Waals surface area contributed by atoms with E-state index in [1.54, 1.807) is 72.8 Å². The lowest BCUT2D eigenvalue weighted by atomic mass is 10.2. The molecule has 3 rings (SSSR count). The van der Waals surface area contributed by atoms with Crippen molar-refractivity contribution in [2.75, 3.05) is 11.9 Å². The number of nitrogens with one attached hydrogen (secondary N) is 1. The third-order valence-corrected chi connectivity index (χ3v) is 3.98. The van der Waals surface area contributed by atoms with Crippen molar-refractivity contribution in [1.82, 2.24) is 0 Å². The molecular formula is C22H19N3O5. The average molecular weight is 405 g/mol. The van der Waals surface area contributed by atoms with Gasteiger partial charge in [-0.2, -0.15) is 0 Å². The van der Waals surface area contributed by atoms with Gasteiger partial charge in [0.1, 0.15) is 17.2 Å². The van der Waals surface area contributed by atoms with Crippen LogP contribution in [0.1, 0.15) is 20.7 Å². The van der Waals surface area contributed by atoms with E-state index in [4.69, 9.17) is 20.9 Å². The summed E-state index contributed by atoms with van der Waals surface area (Å²) in [6, 6.07) is 19.6. The van der Waals surface area contributed by atoms with Crippen molar-refractivity contribution >= 4 is 23.4 Å². The number of primary amides is 2. The Morgan fingerprint density at radius 1 is 0.700 bits per heavy atom. The molecule has 0 heterocycles. The number of rotatable bonds is 8. The van der Waals surface area contributed by atoms with E-state index >= 15 is 0 Å². The van der Waals surface area contributed by atoms with Gasteiger partial charge in [0, 0.05) is 16.8 Å². The first-order valence-corrected chi connectivity index (χ1v) is 8.91. The standard InChI is InChI=1S/C22H19N3O5/c23-20(26)13-29-17-11-5-16(6-12-17)25-22(28)15-3-9-19(10-4-15)30-18-7-1-14(2-8-18)21(24)27/h1-12H,13H2,(H2,23,26)(H2,24,27)(H,25,28). The van der Waals surface area contributed by atoms with E-state index in [9.17, 15) is 14.4 Å². The van der Waals surface area contributed by atoms with Gasteiger partial charge in [-0.15, -0.1) is 0 Å². The molecule has 0 bridgehead atoms. The van der Waals surface area contributed by atoms with Crippen molar-refractivity contribution in [2.45, 2.75) is 0 Å². The lowest BCUT2D eigenvalue weighted by Gasteiger charge is -2.09. The Bertz CT molecular complexity index is 1050. The van der Waals surface area contributed by atoms with Crippen LogP contribution >= 0.6 is 0 Å². The van der Waals surface area contributed by atoms with Gasteiger partial charge in [-0.3, -0.25) is 14.4 Å². The number of anilines is 1. The zero-order valence-electron chi connectivity index (χ0n) is 15.8. The molecule has 152 valence electrons. The number of ether oxygens (including phenoxy) is 2. The molecule has 0 fully saturated rings. The second-order valence-corrected chi connectivity index (χ2v) is 6.25. The Hall–Kier alpha value is -4.33. The van der Waals surface area contributed by atoms with Crippen molar-refractivity contribution < 1.29 is 23.9 Å². The molecule has 0 radical (unpaired) electrons. The SMILES string of the molecule is NC(=O)COc1ccc(NC(=O)c2ccc(Oc3ccc(C(N)=O)cc3)cc2)cc1. The second-order valence-electron chi connectivity index (χ2n) is 6.25. The zero-order valence-corrected chi connectivity index (χ0v) is 15.8. The summed E-state index contributed by atoms with van der Waals surface area (Å²) >= 11 is 0. The molecule has 0 spiro atoms. The smallest absolute Gasteiger partial charge is 0.255 e. The highest BCUT2D eigenvalue weighted by Gasteiger charge is 2.08. The molecule has 8 nitrogen and oxygen atoms in total. The van der Waals surface area contributed by atoms with Crippen molar-refractivity contribution in [3.63, 3.8) is 0 Å². The largest absolute Gasteiger partial charge is 0.484 e. The molecule has 0 atom stereocenters. The van der Waals surface area contributed by atoms with Crippen LogP contribution in [0.15, 0.2) is 72.8 Å². The first-order valence-electron chi connectivity index (χ1n) is 8.91. The molecule has 0 saturated carbocycles. The minimum atomic E-state index is -0.567. The molecule has 0 aliphatic heterocycles. The maximum atomic E-state index is 12.4. The molecule has 0 unspecified atom stereocenters. The quantitative estimate of drug-likeness (QED) is 0.530. The highest BCUT2D eigenvalue weighted by Crippen LogP contribution is 2.23. The fourth-order valence-electron chi connectivity index (χ4n) is 2.49. The van der Waals surface area contributed by atoms with Crippen LogP contribution in [-0.2, 0) is 4.79 Å². The Morgan fingerprint density at radius 3 is 1.70 bits per heavy atom. The molecule has 3 aromatic carbocycles. The van der Waals surface area contributed by atoms with Crippen molar-refractivity contribution in [1.29, 1.82) is 0 Å². The summed E-state index contributed by atoms with van der Waals surface area (Å²) in [5.41, 5.74) is 11.6. The van der Waals surface area contributed by atoms with Crippen molar-refractivity contribution in [3.05, 3.63) is 83.9 Å². The lowest BCUT2D eigenvalue weighted by molar-refractivity contribution is -0.119. The fraction of sp³-hybridized carbons (Fsp3) is 0.0455. The van der Waals surface area contributed by atoms with Gasteiger partial charge in [-0.25, -0.2) is 0 Å². The number of nitrogens with two attached hydrogens (primary N) is 2. The second kappa shape index (κ2) is 9.24. The first kappa shape index (κ1) is 20.4. The first-order chi connectivity index (χ1) is 14.4. The summed E-state index contributed by atoms with van der Waals surface area (Å²) in [5.74, 6) is 0.174. The van der Waals surface area contributed by atoms with E-state index in [-0.39, 0.29) is 12.5 Å². The number of amides is 3. The van der Waals surface area contributed by atoms with E-state index in [0.717, 1.165) is 0 Å². The monoisotopic (exact) mass is 405 g/mol. The topological polar surface area (TPSA) is 134 Å². The Kier molecular flexibility index (Phi) is 6.29. The van der Waals surface area contributed by atoms with Crippen LogP contribution in [0.5, 0.6) is 17.2 Å². The highest BCUT2D eigenvalue weighted by molar-refractivity contribution is 6.04. The van der Waals surface area contributed by atoms with Crippen LogP contribution in [0, 0.1) is 0 Å². The average Bonchev–Trinajstić information content (AvgIpc) is 2.74. The molecule has 30 heavy (non-hydrogen) atoms. The Labute approximate surface area is 172 Å². The third-order valence-electron chi connectivity index (χ3n) is 3.98. The van der Waals surface area contributed by atoms with E-state index in [0.29, 0.717) is 34.1 Å². The number of carbonyl (C=O) groups is 3. The van der Waals surface area contributed by atoms with Crippen LogP contribution in [0.25, 0.3) is 0 Å². The normalized spacial score (nSPS) is 10.1. The molecule has 5 N–H and O–H groups in total. The molecule has 0 aliphatic carbocycles. The van der Waals surface area contributed by atoms with Crippen LogP contribution < -0.4 is 26.3 Å². The van der Waals surface area contributed by atoms with E-state index in [1.165, 1.54) is 0 Å². The Morgan fingerprint density at radius 2 is 1.20 bits per heavy atom. The van der Waals surface area contributed by atoms with Gasteiger partial charge in [0.2, 0.25) is 5.91 Å². The van der Waals surface area contributed by atoms with E-state index in [2.05, 4.69) is 5.32 Å². The molecule has 3 aromatic rings. The number of benzene rings is 3. The minimum absolute atomic E-state index is 0.213. The van der Waals surface area contributed by atoms with Gasteiger partial charge >= 0.3 is 0 Å². The summed E-state index contributed by atoms with van der Waals surface area (Å²) < 4.78 is 10.9. The van der Waals surface area contributed by atoms with E-state index < -0.39 is 11.8 Å². The van der Waals surface area contributed by atoms with Crippen molar-refractivity contribution in [2.24, 2.45) is 11.5 Å². The lowest BCUT2D eigenvalue weighted by Crippen LogP contribution is -2.20. The van der Waals surface area contributed by atoms with E-state index in [1.807, 2.05) is 0 Å². The van der Waals surface area contributed by atoms with Crippen LogP contribution in [0.2, 0.25) is 0 Å². The molecule has 0 aliphatic rings. The van der Waals surface area contributed by atoms with Crippen LogP contribution in [-0.4, -0.2) is 24.3 Å². The maximum Gasteiger partial charge on any atom is 0.255 e. The predicted octanol–water partition coefficient (Wildman–Crippen LogP) is 2.69. The highest BCUT2D eigenvalue weighted by atomic mass is 16.5. The van der Waals surface area contributed by atoms with Gasteiger partial charge in [0.25, 0.3) is 11.8 Å². The van der Waals surface area contributed by atoms with Crippen LogP contribution in [0.4, 0.5) is 5.69 Å². The summed E-state index contributed by atoms with van der Waals surface area (Å²) in [4.78, 5) is 34.2. The minimum Gasteiger partial charge on any atom is -0.484 e. The van der Waals surface area contributed by atoms with Gasteiger partial charge in [0.05, 0.1) is 0 Å². The summed E-state index contributed by atoms with van der Waals surface area (Å²) in [6.45, 7) is -0.213. The molecule has 0 aromatic heterocycles. The number of hydrogen-bond acceptors (Lipinski definition) is 5. The summed E-state index contributed by atoms with van der Waals surface area (Å²) in [7, 11) is 0. The molecule has 8 heteroatoms. The van der Waals surface area contributed by atoms with Crippen molar-refractivity contribution in [3.8, 4) is 17.2 Å². The fourth-order valence-corrected chi connectivity index (χ4v) is 2.49. The molecular weight excluding hydrogens is 386 g/mol. The molecule has 3 amide bonds. The zero-order chi connectivity index (χ0) is 21.5.